The number of fused-ring (bicyclic) bond motifs is 1. The molecule has 6 rings (SSSR count). The molecule has 2 aromatic heterocycles. The molecule has 1 aliphatic heterocycles. The summed E-state index contributed by atoms with van der Waals surface area (Å²) in [6, 6.07) is 5.09. The van der Waals surface area contributed by atoms with Crippen LogP contribution in [-0.4, -0.2) is 93.0 Å². The van der Waals surface area contributed by atoms with Crippen LogP contribution in [0.15, 0.2) is 61.7 Å². The fourth-order valence-electron chi connectivity index (χ4n) is 6.61. The van der Waals surface area contributed by atoms with Crippen LogP contribution < -0.4 is 20.1 Å². The minimum atomic E-state index is -3.91. The van der Waals surface area contributed by atoms with Gasteiger partial charge in [0.25, 0.3) is 5.91 Å². The van der Waals surface area contributed by atoms with Crippen molar-refractivity contribution in [2.24, 2.45) is 11.3 Å². The van der Waals surface area contributed by atoms with Gasteiger partial charge in [-0.05, 0) is 69.0 Å². The van der Waals surface area contributed by atoms with Crippen molar-refractivity contribution in [3.05, 3.63) is 61.7 Å². The number of carbonyl (C=O) groups is 4. The number of likely N-dealkylation sites (tertiary alicyclic amines) is 1. The summed E-state index contributed by atoms with van der Waals surface area (Å²) in [7, 11) is -3.91. The van der Waals surface area contributed by atoms with E-state index in [4.69, 9.17) is 9.47 Å². The Morgan fingerprint density at radius 1 is 1.09 bits per heavy atom. The summed E-state index contributed by atoms with van der Waals surface area (Å²) in [4.78, 5) is 61.0. The first-order chi connectivity index (χ1) is 24.8. The van der Waals surface area contributed by atoms with Crippen molar-refractivity contribution in [1.82, 2.24) is 35.0 Å². The molecular formula is C37H47N7O8S. The van der Waals surface area contributed by atoms with Crippen LogP contribution >= 0.6 is 0 Å². The number of aromatic nitrogens is 3. The highest BCUT2D eigenvalue weighted by Crippen LogP contribution is 2.45. The van der Waals surface area contributed by atoms with Gasteiger partial charge in [0.15, 0.2) is 0 Å². The van der Waals surface area contributed by atoms with Crippen molar-refractivity contribution in [3.63, 3.8) is 0 Å². The largest absolute Gasteiger partial charge is 0.488 e. The number of nitrogens with zero attached hydrogens (tertiary/aromatic N) is 4. The van der Waals surface area contributed by atoms with Crippen molar-refractivity contribution in [2.45, 2.75) is 102 Å². The van der Waals surface area contributed by atoms with Crippen LogP contribution in [0.1, 0.15) is 67.2 Å². The van der Waals surface area contributed by atoms with E-state index in [1.165, 1.54) is 11.0 Å². The molecule has 1 aromatic carbocycles. The van der Waals surface area contributed by atoms with E-state index in [1.807, 2.05) is 12.1 Å². The Hall–Kier alpha value is -4.99. The lowest BCUT2D eigenvalue weighted by atomic mass is 9.85. The Kier molecular flexibility index (Phi) is 9.81. The first-order valence-corrected chi connectivity index (χ1v) is 19.2. The first-order valence-electron chi connectivity index (χ1n) is 17.7. The predicted molar refractivity (Wildman–Crippen MR) is 195 cm³/mol. The van der Waals surface area contributed by atoms with Gasteiger partial charge in [-0.15, -0.1) is 6.58 Å². The summed E-state index contributed by atoms with van der Waals surface area (Å²) < 4.78 is 41.3. The monoisotopic (exact) mass is 749 g/mol. The fraction of sp³-hybridized carbons (Fsp3) is 0.514. The second-order valence-electron chi connectivity index (χ2n) is 16.1. The van der Waals surface area contributed by atoms with Gasteiger partial charge in [0.05, 0.1) is 17.5 Å². The number of pyridine rings is 1. The quantitative estimate of drug-likeness (QED) is 0.245. The number of amides is 4. The number of hydrogen-bond acceptors (Lipinski definition) is 10. The van der Waals surface area contributed by atoms with Gasteiger partial charge < -0.3 is 25.0 Å². The van der Waals surface area contributed by atoms with Gasteiger partial charge in [0.1, 0.15) is 35.1 Å². The summed E-state index contributed by atoms with van der Waals surface area (Å²) in [5, 5.41) is 10.7. The Morgan fingerprint density at radius 3 is 2.43 bits per heavy atom. The molecule has 16 heteroatoms. The van der Waals surface area contributed by atoms with E-state index in [2.05, 4.69) is 32.0 Å². The highest BCUT2D eigenvalue weighted by molar-refractivity contribution is 7.91. The Bertz CT molecular complexity index is 2030. The normalized spacial score (nSPS) is 23.5. The third-order valence-corrected chi connectivity index (χ3v) is 11.5. The molecule has 3 aromatic rings. The minimum absolute atomic E-state index is 0.0193. The minimum Gasteiger partial charge on any atom is -0.488 e. The molecule has 0 bridgehead atoms. The van der Waals surface area contributed by atoms with Gasteiger partial charge in [-0.2, -0.15) is 5.10 Å². The maximum absolute atomic E-state index is 14.6. The van der Waals surface area contributed by atoms with Crippen LogP contribution in [0.5, 0.6) is 5.75 Å². The summed E-state index contributed by atoms with van der Waals surface area (Å²) in [6.07, 6.45) is 7.83. The maximum atomic E-state index is 14.6. The number of alkyl carbamates (subject to hydrolysis) is 1. The molecule has 2 aliphatic carbocycles. The third kappa shape index (κ3) is 8.16. The number of carbonyl (C=O) groups excluding carboxylic acids is 4. The number of benzene rings is 1. The zero-order valence-corrected chi connectivity index (χ0v) is 31.6. The molecule has 0 spiro atoms. The highest BCUT2D eigenvalue weighted by atomic mass is 32.2. The van der Waals surface area contributed by atoms with E-state index in [0.29, 0.717) is 24.0 Å². The van der Waals surface area contributed by atoms with Gasteiger partial charge in [0, 0.05) is 48.6 Å². The molecule has 2 saturated carbocycles. The number of rotatable bonds is 11. The van der Waals surface area contributed by atoms with E-state index in [1.54, 1.807) is 83.1 Å². The van der Waals surface area contributed by atoms with Gasteiger partial charge >= 0.3 is 6.09 Å². The summed E-state index contributed by atoms with van der Waals surface area (Å²) in [6.45, 7) is 14.2. The SMILES string of the molecule is C=C[C@@H]1C[C@]1(NC(=O)[C@@H]1C[C@@H](Oc2cc(-n3cccn3)cc3ccncc23)CN1C(=O)[C@@H](NC(=O)OC(C)(C)C)C(C)(C)C)C(=O)NS(=O)(=O)C1CC1. The average Bonchev–Trinajstić information content (AvgIpc) is 3.94. The van der Waals surface area contributed by atoms with E-state index in [0.717, 1.165) is 11.1 Å². The van der Waals surface area contributed by atoms with E-state index in [9.17, 15) is 27.6 Å². The lowest BCUT2D eigenvalue weighted by Crippen LogP contribution is -2.60. The molecular weight excluding hydrogens is 703 g/mol. The zero-order valence-electron chi connectivity index (χ0n) is 30.8. The van der Waals surface area contributed by atoms with Gasteiger partial charge in [0.2, 0.25) is 21.8 Å². The second kappa shape index (κ2) is 13.8. The van der Waals surface area contributed by atoms with Gasteiger partial charge in [-0.25, -0.2) is 17.9 Å². The van der Waals surface area contributed by atoms with Gasteiger partial charge in [-0.3, -0.25) is 24.1 Å². The number of sulfonamides is 1. The smallest absolute Gasteiger partial charge is 0.408 e. The van der Waals surface area contributed by atoms with Crippen LogP contribution in [0.3, 0.4) is 0 Å². The fourth-order valence-corrected chi connectivity index (χ4v) is 7.98. The highest BCUT2D eigenvalue weighted by Gasteiger charge is 2.62. The first kappa shape index (κ1) is 37.8. The summed E-state index contributed by atoms with van der Waals surface area (Å²) in [5.74, 6) is -2.15. The van der Waals surface area contributed by atoms with Crippen LogP contribution in [0.2, 0.25) is 0 Å². The molecule has 3 fully saturated rings. The Morgan fingerprint density at radius 2 is 1.83 bits per heavy atom. The number of nitrogens with one attached hydrogen (secondary N) is 3. The molecule has 3 aliphatic rings. The van der Waals surface area contributed by atoms with Crippen LogP contribution in [0.25, 0.3) is 16.5 Å². The second-order valence-corrected chi connectivity index (χ2v) is 18.1. The number of hydrogen-bond donors (Lipinski definition) is 3. The van der Waals surface area contributed by atoms with E-state index in [-0.39, 0.29) is 19.4 Å². The van der Waals surface area contributed by atoms with E-state index >= 15 is 0 Å². The lowest BCUT2D eigenvalue weighted by Gasteiger charge is -2.36. The molecule has 284 valence electrons. The zero-order chi connectivity index (χ0) is 38.5. The molecule has 4 amide bonds. The third-order valence-electron chi connectivity index (χ3n) is 9.64. The van der Waals surface area contributed by atoms with Crippen molar-refractivity contribution < 1.29 is 37.1 Å². The Balaban J connectivity index is 1.32. The molecule has 0 radical (unpaired) electrons. The van der Waals surface area contributed by atoms with Crippen molar-refractivity contribution in [3.8, 4) is 11.4 Å². The Labute approximate surface area is 308 Å². The average molecular weight is 750 g/mol. The summed E-state index contributed by atoms with van der Waals surface area (Å²) in [5.41, 5.74) is -2.50. The van der Waals surface area contributed by atoms with Crippen molar-refractivity contribution in [1.29, 1.82) is 0 Å². The standard InChI is InChI=1S/C37H47N7O8S/c1-8-23-19-37(23,33(47)42-53(49,50)26-10-11-26)41-31(45)28-18-25(21-43(28)32(46)30(35(2,3)4)40-34(48)52-36(5,6)7)51-29-17-24(44-15-9-13-39-44)16-22-12-14-38-20-27(22)29/h8-9,12-17,20,23,25-26,28,30H,1,10-11,18-19,21H2,2-7H3,(H,40,48)(H,41,45)(H,42,47)/t23-,25-,28+,30-,37-/m1/s1. The molecule has 1 saturated heterocycles. The maximum Gasteiger partial charge on any atom is 0.408 e. The van der Waals surface area contributed by atoms with Crippen LogP contribution in [-0.2, 0) is 29.1 Å². The molecule has 3 N–H and O–H groups in total. The van der Waals surface area contributed by atoms with E-state index < -0.39 is 79.7 Å². The lowest BCUT2D eigenvalue weighted by molar-refractivity contribution is -0.143. The number of ether oxygens (including phenoxy) is 2. The molecule has 53 heavy (non-hydrogen) atoms. The van der Waals surface area contributed by atoms with Crippen LogP contribution in [0, 0.1) is 11.3 Å². The molecule has 3 heterocycles. The molecule has 5 atom stereocenters. The predicted octanol–water partition coefficient (Wildman–Crippen LogP) is 3.38. The van der Waals surface area contributed by atoms with Crippen molar-refractivity contribution >= 4 is 44.6 Å². The summed E-state index contributed by atoms with van der Waals surface area (Å²) >= 11 is 0. The topological polar surface area (TPSA) is 191 Å². The van der Waals surface area contributed by atoms with Crippen LogP contribution in [0.4, 0.5) is 4.79 Å². The van der Waals surface area contributed by atoms with Gasteiger partial charge in [-0.1, -0.05) is 26.8 Å². The molecule has 0 unspecified atom stereocenters. The molecule has 15 nitrogen and oxygen atoms in total. The van der Waals surface area contributed by atoms with Crippen molar-refractivity contribution in [2.75, 3.05) is 6.54 Å².